The van der Waals surface area contributed by atoms with E-state index in [0.29, 0.717) is 6.42 Å². The summed E-state index contributed by atoms with van der Waals surface area (Å²) in [6, 6.07) is 3.72. The van der Waals surface area contributed by atoms with Crippen molar-refractivity contribution in [2.24, 2.45) is 0 Å². The van der Waals surface area contributed by atoms with Crippen molar-refractivity contribution in [2.45, 2.75) is 26.2 Å². The zero-order valence-electron chi connectivity index (χ0n) is 10.3. The number of nitro benzene ring substituents is 1. The Morgan fingerprint density at radius 2 is 2.11 bits per heavy atom. The molecule has 1 aromatic rings. The molecule has 7 nitrogen and oxygen atoms in total. The van der Waals surface area contributed by atoms with Crippen LogP contribution in [0.25, 0.3) is 0 Å². The molecule has 0 saturated carbocycles. The highest BCUT2D eigenvalue weighted by Crippen LogP contribution is 2.28. The third-order valence-electron chi connectivity index (χ3n) is 2.25. The SMILES string of the molecule is CCCC(=O)Oc1ccc(CC(=O)O)cc1[N+](=O)[O-]. The van der Waals surface area contributed by atoms with Crippen LogP contribution in [0, 0.1) is 10.1 Å². The Hall–Kier alpha value is -2.44. The second kappa shape index (κ2) is 6.48. The van der Waals surface area contributed by atoms with E-state index in [2.05, 4.69) is 0 Å². The van der Waals surface area contributed by atoms with E-state index in [9.17, 15) is 19.7 Å². The van der Waals surface area contributed by atoms with Gasteiger partial charge in [0.1, 0.15) is 0 Å². The fraction of sp³-hybridized carbons (Fsp3) is 0.333. The molecule has 0 spiro atoms. The van der Waals surface area contributed by atoms with Crippen molar-refractivity contribution >= 4 is 17.6 Å². The molecule has 102 valence electrons. The number of ether oxygens (including phenoxy) is 1. The summed E-state index contributed by atoms with van der Waals surface area (Å²) in [5.41, 5.74) is -0.141. The topological polar surface area (TPSA) is 107 Å². The smallest absolute Gasteiger partial charge is 0.311 e. The van der Waals surface area contributed by atoms with Crippen LogP contribution in [0.3, 0.4) is 0 Å². The Balaban J connectivity index is 3.01. The minimum Gasteiger partial charge on any atom is -0.481 e. The van der Waals surface area contributed by atoms with Crippen LogP contribution in [0.2, 0.25) is 0 Å². The number of nitrogens with zero attached hydrogens (tertiary/aromatic N) is 1. The minimum atomic E-state index is -1.09. The number of rotatable bonds is 6. The van der Waals surface area contributed by atoms with Gasteiger partial charge in [0.15, 0.2) is 0 Å². The van der Waals surface area contributed by atoms with Crippen LogP contribution in [0.1, 0.15) is 25.3 Å². The maximum absolute atomic E-state index is 11.3. The van der Waals surface area contributed by atoms with E-state index in [4.69, 9.17) is 9.84 Å². The number of carbonyl (C=O) groups excluding carboxylic acids is 1. The van der Waals surface area contributed by atoms with Gasteiger partial charge in [0.05, 0.1) is 11.3 Å². The number of hydrogen-bond acceptors (Lipinski definition) is 5. The molecule has 1 aromatic carbocycles. The molecule has 0 aliphatic carbocycles. The normalized spacial score (nSPS) is 9.95. The number of aliphatic carboxylic acids is 1. The Morgan fingerprint density at radius 3 is 2.63 bits per heavy atom. The molecular weight excluding hydrogens is 254 g/mol. The van der Waals surface area contributed by atoms with Crippen LogP contribution < -0.4 is 4.74 Å². The van der Waals surface area contributed by atoms with Crippen LogP contribution in [0.5, 0.6) is 5.75 Å². The number of carboxylic acids is 1. The molecule has 19 heavy (non-hydrogen) atoms. The van der Waals surface area contributed by atoms with Crippen LogP contribution in [-0.4, -0.2) is 22.0 Å². The van der Waals surface area contributed by atoms with Gasteiger partial charge in [-0.2, -0.15) is 0 Å². The van der Waals surface area contributed by atoms with Gasteiger partial charge in [-0.3, -0.25) is 19.7 Å². The molecule has 0 fully saturated rings. The largest absolute Gasteiger partial charge is 0.481 e. The standard InChI is InChI=1S/C12H13NO6/c1-2-3-12(16)19-10-5-4-8(7-11(14)15)6-9(10)13(17)18/h4-6H,2-3,7H2,1H3,(H,14,15). The third-order valence-corrected chi connectivity index (χ3v) is 2.25. The van der Waals surface area contributed by atoms with Gasteiger partial charge in [0, 0.05) is 12.5 Å². The molecule has 0 bridgehead atoms. The molecule has 0 atom stereocenters. The molecule has 0 radical (unpaired) electrons. The van der Waals surface area contributed by atoms with Crippen molar-refractivity contribution in [2.75, 3.05) is 0 Å². The lowest BCUT2D eigenvalue weighted by Gasteiger charge is -2.05. The molecule has 0 heterocycles. The monoisotopic (exact) mass is 267 g/mol. The van der Waals surface area contributed by atoms with Crippen molar-refractivity contribution in [3.05, 3.63) is 33.9 Å². The first-order valence-corrected chi connectivity index (χ1v) is 5.63. The highest BCUT2D eigenvalue weighted by Gasteiger charge is 2.19. The zero-order chi connectivity index (χ0) is 14.4. The van der Waals surface area contributed by atoms with Gasteiger partial charge in [0.2, 0.25) is 5.75 Å². The summed E-state index contributed by atoms with van der Waals surface area (Å²) in [5, 5.41) is 19.5. The van der Waals surface area contributed by atoms with Gasteiger partial charge in [-0.05, 0) is 18.1 Å². The Kier molecular flexibility index (Phi) is 4.99. The second-order valence-electron chi connectivity index (χ2n) is 3.85. The lowest BCUT2D eigenvalue weighted by atomic mass is 10.1. The number of hydrogen-bond donors (Lipinski definition) is 1. The first-order chi connectivity index (χ1) is 8.93. The summed E-state index contributed by atoms with van der Waals surface area (Å²) in [4.78, 5) is 32.0. The van der Waals surface area contributed by atoms with E-state index in [1.54, 1.807) is 6.92 Å². The Labute approximate surface area is 109 Å². The summed E-state index contributed by atoms with van der Waals surface area (Å²) < 4.78 is 4.88. The highest BCUT2D eigenvalue weighted by molar-refractivity contribution is 5.74. The minimum absolute atomic E-state index is 0.161. The maximum atomic E-state index is 11.3. The van der Waals surface area contributed by atoms with E-state index >= 15 is 0 Å². The number of esters is 1. The van der Waals surface area contributed by atoms with E-state index in [0.717, 1.165) is 6.07 Å². The van der Waals surface area contributed by atoms with E-state index < -0.39 is 22.5 Å². The van der Waals surface area contributed by atoms with Gasteiger partial charge in [-0.15, -0.1) is 0 Å². The summed E-state index contributed by atoms with van der Waals surface area (Å²) in [7, 11) is 0. The lowest BCUT2D eigenvalue weighted by molar-refractivity contribution is -0.385. The fourth-order valence-corrected chi connectivity index (χ4v) is 1.45. The molecule has 7 heteroatoms. The molecule has 0 aliphatic heterocycles. The predicted molar refractivity (Wildman–Crippen MR) is 65.0 cm³/mol. The van der Waals surface area contributed by atoms with Crippen LogP contribution in [0.15, 0.2) is 18.2 Å². The van der Waals surface area contributed by atoms with Gasteiger partial charge < -0.3 is 9.84 Å². The first-order valence-electron chi connectivity index (χ1n) is 5.63. The van der Waals surface area contributed by atoms with Crippen LogP contribution >= 0.6 is 0 Å². The second-order valence-corrected chi connectivity index (χ2v) is 3.85. The quantitative estimate of drug-likeness (QED) is 0.365. The van der Waals surface area contributed by atoms with Gasteiger partial charge in [-0.1, -0.05) is 13.0 Å². The molecule has 1 rings (SSSR count). The summed E-state index contributed by atoms with van der Waals surface area (Å²) in [5.74, 6) is -1.82. The molecule has 0 aliphatic rings. The summed E-state index contributed by atoms with van der Waals surface area (Å²) >= 11 is 0. The molecule has 0 saturated heterocycles. The maximum Gasteiger partial charge on any atom is 0.311 e. The van der Waals surface area contributed by atoms with Gasteiger partial charge in [-0.25, -0.2) is 0 Å². The third kappa shape index (κ3) is 4.38. The van der Waals surface area contributed by atoms with Crippen molar-refractivity contribution in [1.82, 2.24) is 0 Å². The fourth-order valence-electron chi connectivity index (χ4n) is 1.45. The van der Waals surface area contributed by atoms with Crippen molar-refractivity contribution in [3.63, 3.8) is 0 Å². The van der Waals surface area contributed by atoms with Gasteiger partial charge >= 0.3 is 17.6 Å². The Morgan fingerprint density at radius 1 is 1.42 bits per heavy atom. The van der Waals surface area contributed by atoms with Crippen molar-refractivity contribution in [1.29, 1.82) is 0 Å². The number of benzene rings is 1. The van der Waals surface area contributed by atoms with Crippen LogP contribution in [0.4, 0.5) is 5.69 Å². The number of carboxylic acid groups (broad SMARTS) is 1. The van der Waals surface area contributed by atoms with E-state index in [-0.39, 0.29) is 24.2 Å². The van der Waals surface area contributed by atoms with Crippen molar-refractivity contribution in [3.8, 4) is 5.75 Å². The average Bonchev–Trinajstić information content (AvgIpc) is 2.30. The lowest BCUT2D eigenvalue weighted by Crippen LogP contribution is -2.09. The molecular formula is C12H13NO6. The molecule has 0 unspecified atom stereocenters. The number of nitro groups is 1. The summed E-state index contributed by atoms with van der Waals surface area (Å²) in [6.07, 6.45) is 0.405. The molecule has 0 aromatic heterocycles. The summed E-state index contributed by atoms with van der Waals surface area (Å²) in [6.45, 7) is 1.78. The Bertz CT molecular complexity index is 511. The van der Waals surface area contributed by atoms with Crippen LogP contribution in [-0.2, 0) is 16.0 Å². The van der Waals surface area contributed by atoms with E-state index in [1.165, 1.54) is 12.1 Å². The number of carbonyl (C=O) groups is 2. The zero-order valence-corrected chi connectivity index (χ0v) is 10.3. The average molecular weight is 267 g/mol. The molecule has 0 amide bonds. The predicted octanol–water partition coefficient (Wildman–Crippen LogP) is 1.93. The highest BCUT2D eigenvalue weighted by atomic mass is 16.6. The first kappa shape index (κ1) is 14.6. The van der Waals surface area contributed by atoms with E-state index in [1.807, 2.05) is 0 Å². The van der Waals surface area contributed by atoms with Gasteiger partial charge in [0.25, 0.3) is 0 Å². The van der Waals surface area contributed by atoms with Crippen molar-refractivity contribution < 1.29 is 24.4 Å². The molecule has 1 N–H and O–H groups in total.